The molecule has 0 saturated carbocycles. The molecule has 2 amide bonds. The van der Waals surface area contributed by atoms with E-state index in [2.05, 4.69) is 5.32 Å². The summed E-state index contributed by atoms with van der Waals surface area (Å²) in [6.07, 6.45) is 1.68. The molecule has 0 spiro atoms. The molecular formula is C22H29N3O5S. The second-order valence-electron chi connectivity index (χ2n) is 7.32. The summed E-state index contributed by atoms with van der Waals surface area (Å²) in [5.41, 5.74) is 1.64. The summed E-state index contributed by atoms with van der Waals surface area (Å²) < 4.78 is 30.9. The molecule has 2 aromatic rings. The molecule has 9 heteroatoms. The molecule has 8 nitrogen and oxygen atoms in total. The minimum Gasteiger partial charge on any atom is -0.497 e. The van der Waals surface area contributed by atoms with E-state index in [1.165, 1.54) is 17.0 Å². The summed E-state index contributed by atoms with van der Waals surface area (Å²) in [6.45, 7) is 1.57. The van der Waals surface area contributed by atoms with Crippen LogP contribution in [0.3, 0.4) is 0 Å². The second-order valence-corrected chi connectivity index (χ2v) is 9.22. The number of anilines is 1. The standard InChI is InChI=1S/C22H29N3O5S/c1-6-20(16-9-13-19(30-4)14-10-16)23-21(26)15-25(31(5,28)29)18-11-7-17(8-12-18)22(27)24(2)3/h7-14,20H,6,15H2,1-5H3,(H,23,26). The molecule has 0 fully saturated rings. The number of hydrogen-bond acceptors (Lipinski definition) is 5. The average molecular weight is 448 g/mol. The van der Waals surface area contributed by atoms with E-state index >= 15 is 0 Å². The van der Waals surface area contributed by atoms with Crippen LogP contribution in [0, 0.1) is 0 Å². The molecule has 0 aliphatic rings. The molecule has 0 saturated heterocycles. The largest absolute Gasteiger partial charge is 0.497 e. The van der Waals surface area contributed by atoms with Gasteiger partial charge < -0.3 is 15.0 Å². The number of hydrogen-bond donors (Lipinski definition) is 1. The van der Waals surface area contributed by atoms with Crippen molar-refractivity contribution in [2.24, 2.45) is 0 Å². The minimum atomic E-state index is -3.72. The predicted octanol–water partition coefficient (Wildman–Crippen LogP) is 2.43. The van der Waals surface area contributed by atoms with Crippen LogP contribution in [0.5, 0.6) is 5.75 Å². The van der Waals surface area contributed by atoms with Crippen molar-refractivity contribution in [3.63, 3.8) is 0 Å². The van der Waals surface area contributed by atoms with Gasteiger partial charge in [-0.3, -0.25) is 13.9 Å². The van der Waals surface area contributed by atoms with Crippen molar-refractivity contribution in [3.8, 4) is 5.75 Å². The SMILES string of the molecule is CCC(NC(=O)CN(c1ccc(C(=O)N(C)C)cc1)S(C)(=O)=O)c1ccc(OC)cc1. The first-order chi connectivity index (χ1) is 14.6. The van der Waals surface area contributed by atoms with Crippen molar-refractivity contribution in [1.82, 2.24) is 10.2 Å². The van der Waals surface area contributed by atoms with Gasteiger partial charge in [0.25, 0.3) is 5.91 Å². The summed E-state index contributed by atoms with van der Waals surface area (Å²) in [5.74, 6) is 0.0893. The Morgan fingerprint density at radius 1 is 1.03 bits per heavy atom. The Morgan fingerprint density at radius 3 is 2.06 bits per heavy atom. The smallest absolute Gasteiger partial charge is 0.253 e. The molecule has 1 atom stereocenters. The summed E-state index contributed by atoms with van der Waals surface area (Å²) in [5, 5.41) is 2.89. The molecular weight excluding hydrogens is 418 g/mol. The van der Waals surface area contributed by atoms with Crippen molar-refractivity contribution in [3.05, 3.63) is 59.7 Å². The van der Waals surface area contributed by atoms with Gasteiger partial charge in [-0.15, -0.1) is 0 Å². The Kier molecular flexibility index (Phi) is 8.04. The van der Waals surface area contributed by atoms with E-state index in [4.69, 9.17) is 4.74 Å². The van der Waals surface area contributed by atoms with Gasteiger partial charge in [0.1, 0.15) is 12.3 Å². The number of amides is 2. The van der Waals surface area contributed by atoms with Crippen LogP contribution in [0.4, 0.5) is 5.69 Å². The molecule has 2 rings (SSSR count). The number of carbonyl (C=O) groups is 2. The molecule has 0 aliphatic carbocycles. The fraction of sp³-hybridized carbons (Fsp3) is 0.364. The van der Waals surface area contributed by atoms with E-state index in [-0.39, 0.29) is 18.5 Å². The third kappa shape index (κ3) is 6.45. The van der Waals surface area contributed by atoms with Crippen LogP contribution in [-0.2, 0) is 14.8 Å². The van der Waals surface area contributed by atoms with Gasteiger partial charge in [0.15, 0.2) is 0 Å². The second kappa shape index (κ2) is 10.3. The van der Waals surface area contributed by atoms with E-state index in [0.717, 1.165) is 16.1 Å². The number of carbonyl (C=O) groups excluding carboxylic acids is 2. The highest BCUT2D eigenvalue weighted by molar-refractivity contribution is 7.92. The normalized spacial score (nSPS) is 12.0. The third-order valence-corrected chi connectivity index (χ3v) is 5.90. The van der Waals surface area contributed by atoms with Gasteiger partial charge in [-0.05, 0) is 48.4 Å². The molecule has 168 valence electrons. The zero-order chi connectivity index (χ0) is 23.2. The zero-order valence-corrected chi connectivity index (χ0v) is 19.3. The summed E-state index contributed by atoms with van der Waals surface area (Å²) in [7, 11) is 1.13. The Bertz CT molecular complexity index is 1000. The summed E-state index contributed by atoms with van der Waals surface area (Å²) in [6, 6.07) is 13.2. The lowest BCUT2D eigenvalue weighted by molar-refractivity contribution is -0.120. The number of rotatable bonds is 9. The number of nitrogens with one attached hydrogen (secondary N) is 1. The van der Waals surface area contributed by atoms with Gasteiger partial charge in [0.2, 0.25) is 15.9 Å². The maximum atomic E-state index is 12.7. The highest BCUT2D eigenvalue weighted by atomic mass is 32.2. The Labute approximate surface area is 183 Å². The maximum Gasteiger partial charge on any atom is 0.253 e. The number of sulfonamides is 1. The molecule has 1 unspecified atom stereocenters. The average Bonchev–Trinajstić information content (AvgIpc) is 2.74. The van der Waals surface area contributed by atoms with E-state index in [1.807, 2.05) is 31.2 Å². The van der Waals surface area contributed by atoms with Crippen molar-refractivity contribution in [2.45, 2.75) is 19.4 Å². The maximum absolute atomic E-state index is 12.7. The van der Waals surface area contributed by atoms with Gasteiger partial charge in [0.05, 0.1) is 25.1 Å². The van der Waals surface area contributed by atoms with E-state index in [0.29, 0.717) is 23.4 Å². The van der Waals surface area contributed by atoms with Crippen LogP contribution in [0.2, 0.25) is 0 Å². The zero-order valence-electron chi connectivity index (χ0n) is 18.5. The van der Waals surface area contributed by atoms with Crippen LogP contribution < -0.4 is 14.4 Å². The molecule has 1 N–H and O–H groups in total. The van der Waals surface area contributed by atoms with Gasteiger partial charge >= 0.3 is 0 Å². The quantitative estimate of drug-likeness (QED) is 0.637. The number of benzene rings is 2. The molecule has 31 heavy (non-hydrogen) atoms. The van der Waals surface area contributed by atoms with Crippen molar-refractivity contribution >= 4 is 27.5 Å². The van der Waals surface area contributed by atoms with E-state index in [1.54, 1.807) is 33.3 Å². The Morgan fingerprint density at radius 2 is 1.61 bits per heavy atom. The lowest BCUT2D eigenvalue weighted by Gasteiger charge is -2.24. The van der Waals surface area contributed by atoms with Gasteiger partial charge in [0, 0.05) is 19.7 Å². The highest BCUT2D eigenvalue weighted by Crippen LogP contribution is 2.22. The van der Waals surface area contributed by atoms with Gasteiger partial charge in [-0.25, -0.2) is 8.42 Å². The van der Waals surface area contributed by atoms with Crippen LogP contribution in [0.1, 0.15) is 35.3 Å². The van der Waals surface area contributed by atoms with Crippen molar-refractivity contribution < 1.29 is 22.7 Å². The van der Waals surface area contributed by atoms with Crippen molar-refractivity contribution in [2.75, 3.05) is 38.3 Å². The lowest BCUT2D eigenvalue weighted by atomic mass is 10.0. The monoisotopic (exact) mass is 447 g/mol. The fourth-order valence-corrected chi connectivity index (χ4v) is 3.91. The topological polar surface area (TPSA) is 96.0 Å². The van der Waals surface area contributed by atoms with Crippen LogP contribution >= 0.6 is 0 Å². The van der Waals surface area contributed by atoms with E-state index in [9.17, 15) is 18.0 Å². The predicted molar refractivity (Wildman–Crippen MR) is 121 cm³/mol. The number of ether oxygens (including phenoxy) is 1. The number of nitrogens with zero attached hydrogens (tertiary/aromatic N) is 2. The van der Waals surface area contributed by atoms with Crippen molar-refractivity contribution in [1.29, 1.82) is 0 Å². The first kappa shape index (κ1) is 24.2. The summed E-state index contributed by atoms with van der Waals surface area (Å²) >= 11 is 0. The van der Waals surface area contributed by atoms with Gasteiger partial charge in [-0.2, -0.15) is 0 Å². The highest BCUT2D eigenvalue weighted by Gasteiger charge is 2.23. The Hall–Kier alpha value is -3.07. The molecule has 0 bridgehead atoms. The first-order valence-electron chi connectivity index (χ1n) is 9.79. The van der Waals surface area contributed by atoms with Crippen LogP contribution in [-0.4, -0.2) is 59.1 Å². The molecule has 2 aromatic carbocycles. The molecule has 0 aliphatic heterocycles. The first-order valence-corrected chi connectivity index (χ1v) is 11.6. The van der Waals surface area contributed by atoms with Crippen LogP contribution in [0.15, 0.2) is 48.5 Å². The molecule has 0 aromatic heterocycles. The van der Waals surface area contributed by atoms with E-state index < -0.39 is 15.9 Å². The molecule has 0 heterocycles. The lowest BCUT2D eigenvalue weighted by Crippen LogP contribution is -2.41. The molecule has 0 radical (unpaired) electrons. The number of methoxy groups -OCH3 is 1. The third-order valence-electron chi connectivity index (χ3n) is 4.76. The fourth-order valence-electron chi connectivity index (χ4n) is 3.06. The summed E-state index contributed by atoms with van der Waals surface area (Å²) in [4.78, 5) is 26.2. The van der Waals surface area contributed by atoms with Gasteiger partial charge in [-0.1, -0.05) is 19.1 Å². The minimum absolute atomic E-state index is 0.194. The Balaban J connectivity index is 2.18. The van der Waals surface area contributed by atoms with Crippen LogP contribution in [0.25, 0.3) is 0 Å².